The van der Waals surface area contributed by atoms with E-state index in [1.807, 2.05) is 31.2 Å². The van der Waals surface area contributed by atoms with E-state index in [1.54, 1.807) is 24.3 Å². The van der Waals surface area contributed by atoms with Crippen LogP contribution in [0.5, 0.6) is 5.75 Å². The van der Waals surface area contributed by atoms with Gasteiger partial charge in [-0.15, -0.1) is 0 Å². The maximum atomic E-state index is 13.6. The first-order valence-electron chi connectivity index (χ1n) is 9.00. The molecule has 0 spiro atoms. The predicted molar refractivity (Wildman–Crippen MR) is 105 cm³/mol. The van der Waals surface area contributed by atoms with Crippen molar-refractivity contribution in [2.24, 2.45) is 0 Å². The summed E-state index contributed by atoms with van der Waals surface area (Å²) in [6.07, 6.45) is 1.72. The standard InChI is InChI=1S/C21H21FN4O2/c1-2-28-19-10-6-5-9-17(19)26-20-13-18(24-14-25-20)21(27)23-12-11-15-7-3-4-8-16(15)22/h3-10,13-14H,2,11-12H2,1H3,(H,23,27)(H,24,25,26). The van der Waals surface area contributed by atoms with Gasteiger partial charge in [-0.05, 0) is 37.1 Å². The molecule has 1 aromatic heterocycles. The molecule has 144 valence electrons. The van der Waals surface area contributed by atoms with Gasteiger partial charge in [-0.25, -0.2) is 14.4 Å². The van der Waals surface area contributed by atoms with Gasteiger partial charge in [0.15, 0.2) is 0 Å². The van der Waals surface area contributed by atoms with E-state index < -0.39 is 0 Å². The summed E-state index contributed by atoms with van der Waals surface area (Å²) in [6, 6.07) is 15.5. The van der Waals surface area contributed by atoms with Gasteiger partial charge in [0.05, 0.1) is 12.3 Å². The normalized spacial score (nSPS) is 10.4. The quantitative estimate of drug-likeness (QED) is 0.623. The fourth-order valence-corrected chi connectivity index (χ4v) is 2.64. The SMILES string of the molecule is CCOc1ccccc1Nc1cc(C(=O)NCCc2ccccc2F)ncn1. The van der Waals surface area contributed by atoms with Crippen LogP contribution in [0.3, 0.4) is 0 Å². The van der Waals surface area contributed by atoms with Gasteiger partial charge in [0, 0.05) is 12.6 Å². The van der Waals surface area contributed by atoms with E-state index in [2.05, 4.69) is 20.6 Å². The van der Waals surface area contributed by atoms with Crippen LogP contribution in [0, 0.1) is 5.82 Å². The third-order valence-electron chi connectivity index (χ3n) is 3.99. The van der Waals surface area contributed by atoms with E-state index in [1.165, 1.54) is 12.4 Å². The summed E-state index contributed by atoms with van der Waals surface area (Å²) < 4.78 is 19.2. The number of benzene rings is 2. The number of hydrogen-bond acceptors (Lipinski definition) is 5. The summed E-state index contributed by atoms with van der Waals surface area (Å²) >= 11 is 0. The number of nitrogens with zero attached hydrogens (tertiary/aromatic N) is 2. The number of ether oxygens (including phenoxy) is 1. The number of nitrogens with one attached hydrogen (secondary N) is 2. The van der Waals surface area contributed by atoms with Crippen LogP contribution in [-0.4, -0.2) is 29.0 Å². The van der Waals surface area contributed by atoms with Crippen molar-refractivity contribution in [1.29, 1.82) is 0 Å². The predicted octanol–water partition coefficient (Wildman–Crippen LogP) is 3.73. The summed E-state index contributed by atoms with van der Waals surface area (Å²) in [5.74, 6) is 0.541. The first-order valence-corrected chi connectivity index (χ1v) is 9.00. The molecule has 0 atom stereocenters. The van der Waals surface area contributed by atoms with Crippen molar-refractivity contribution < 1.29 is 13.9 Å². The molecule has 0 unspecified atom stereocenters. The van der Waals surface area contributed by atoms with Gasteiger partial charge >= 0.3 is 0 Å². The Bertz CT molecular complexity index is 949. The molecule has 28 heavy (non-hydrogen) atoms. The number of halogens is 1. The molecule has 0 aliphatic carbocycles. The van der Waals surface area contributed by atoms with Crippen LogP contribution in [-0.2, 0) is 6.42 Å². The molecule has 0 aliphatic heterocycles. The topological polar surface area (TPSA) is 76.1 Å². The van der Waals surface area contributed by atoms with Crippen LogP contribution >= 0.6 is 0 Å². The van der Waals surface area contributed by atoms with Crippen LogP contribution in [0.15, 0.2) is 60.9 Å². The number of hydrogen-bond donors (Lipinski definition) is 2. The van der Waals surface area contributed by atoms with E-state index in [0.717, 1.165) is 5.69 Å². The van der Waals surface area contributed by atoms with Gasteiger partial charge in [0.25, 0.3) is 5.91 Å². The zero-order valence-electron chi connectivity index (χ0n) is 15.5. The Morgan fingerprint density at radius 2 is 1.89 bits per heavy atom. The van der Waals surface area contributed by atoms with E-state index >= 15 is 0 Å². The second-order valence-corrected chi connectivity index (χ2v) is 5.94. The molecule has 7 heteroatoms. The lowest BCUT2D eigenvalue weighted by molar-refractivity contribution is 0.0949. The lowest BCUT2D eigenvalue weighted by atomic mass is 10.1. The monoisotopic (exact) mass is 380 g/mol. The lowest BCUT2D eigenvalue weighted by Crippen LogP contribution is -2.26. The fourth-order valence-electron chi connectivity index (χ4n) is 2.64. The van der Waals surface area contributed by atoms with Crippen LogP contribution in [0.2, 0.25) is 0 Å². The van der Waals surface area contributed by atoms with Crippen molar-refractivity contribution in [3.8, 4) is 5.75 Å². The highest BCUT2D eigenvalue weighted by molar-refractivity contribution is 5.93. The van der Waals surface area contributed by atoms with Crippen molar-refractivity contribution >= 4 is 17.4 Å². The van der Waals surface area contributed by atoms with Crippen molar-refractivity contribution in [1.82, 2.24) is 15.3 Å². The molecule has 0 bridgehead atoms. The van der Waals surface area contributed by atoms with E-state index in [4.69, 9.17) is 4.74 Å². The lowest BCUT2D eigenvalue weighted by Gasteiger charge is -2.12. The summed E-state index contributed by atoms with van der Waals surface area (Å²) in [5, 5.41) is 5.89. The smallest absolute Gasteiger partial charge is 0.270 e. The summed E-state index contributed by atoms with van der Waals surface area (Å²) in [5.41, 5.74) is 1.52. The van der Waals surface area contributed by atoms with Crippen molar-refractivity contribution in [3.63, 3.8) is 0 Å². The Morgan fingerprint density at radius 1 is 1.11 bits per heavy atom. The number of amides is 1. The minimum absolute atomic E-state index is 0.222. The zero-order chi connectivity index (χ0) is 19.8. The molecule has 0 radical (unpaired) electrons. The average Bonchev–Trinajstić information content (AvgIpc) is 2.71. The largest absolute Gasteiger partial charge is 0.492 e. The van der Waals surface area contributed by atoms with Crippen LogP contribution in [0.25, 0.3) is 0 Å². The second-order valence-electron chi connectivity index (χ2n) is 5.94. The Labute approximate surface area is 162 Å². The van der Waals surface area contributed by atoms with E-state index in [9.17, 15) is 9.18 Å². The molecule has 2 aromatic carbocycles. The van der Waals surface area contributed by atoms with Crippen molar-refractivity contribution in [2.75, 3.05) is 18.5 Å². The molecule has 0 saturated carbocycles. The summed E-state index contributed by atoms with van der Waals surface area (Å²) in [4.78, 5) is 20.5. The molecular formula is C21H21FN4O2. The summed E-state index contributed by atoms with van der Waals surface area (Å²) in [7, 11) is 0. The molecule has 1 amide bonds. The third-order valence-corrected chi connectivity index (χ3v) is 3.99. The first-order chi connectivity index (χ1) is 13.7. The highest BCUT2D eigenvalue weighted by Gasteiger charge is 2.10. The highest BCUT2D eigenvalue weighted by atomic mass is 19.1. The molecule has 1 heterocycles. The molecule has 3 aromatic rings. The number of aromatic nitrogens is 2. The Balaban J connectivity index is 1.63. The zero-order valence-corrected chi connectivity index (χ0v) is 15.5. The van der Waals surface area contributed by atoms with Gasteiger partial charge in [-0.3, -0.25) is 4.79 Å². The van der Waals surface area contributed by atoms with Gasteiger partial charge in [0.1, 0.15) is 29.4 Å². The van der Waals surface area contributed by atoms with Gasteiger partial charge < -0.3 is 15.4 Å². The fraction of sp³-hybridized carbons (Fsp3) is 0.190. The van der Waals surface area contributed by atoms with Crippen LogP contribution < -0.4 is 15.4 Å². The van der Waals surface area contributed by atoms with E-state index in [-0.39, 0.29) is 17.4 Å². The Kier molecular flexibility index (Phi) is 6.51. The Morgan fingerprint density at radius 3 is 2.71 bits per heavy atom. The molecule has 0 aliphatic rings. The van der Waals surface area contributed by atoms with Crippen molar-refractivity contribution in [2.45, 2.75) is 13.3 Å². The number of anilines is 2. The van der Waals surface area contributed by atoms with Crippen LogP contribution in [0.1, 0.15) is 23.0 Å². The highest BCUT2D eigenvalue weighted by Crippen LogP contribution is 2.26. The van der Waals surface area contributed by atoms with Crippen LogP contribution in [0.4, 0.5) is 15.9 Å². The molecule has 0 fully saturated rings. The molecule has 2 N–H and O–H groups in total. The maximum Gasteiger partial charge on any atom is 0.270 e. The molecule has 6 nitrogen and oxygen atoms in total. The maximum absolute atomic E-state index is 13.6. The third kappa shape index (κ3) is 5.03. The number of carbonyl (C=O) groups excluding carboxylic acids is 1. The van der Waals surface area contributed by atoms with Gasteiger partial charge in [-0.2, -0.15) is 0 Å². The molecule has 0 saturated heterocycles. The van der Waals surface area contributed by atoms with Gasteiger partial charge in [0.2, 0.25) is 0 Å². The van der Waals surface area contributed by atoms with Gasteiger partial charge in [-0.1, -0.05) is 30.3 Å². The Hall–Kier alpha value is -3.48. The number of carbonyl (C=O) groups is 1. The van der Waals surface area contributed by atoms with Crippen molar-refractivity contribution in [3.05, 3.63) is 78.0 Å². The number of para-hydroxylation sites is 2. The average molecular weight is 380 g/mol. The summed E-state index contributed by atoms with van der Waals surface area (Å²) in [6.45, 7) is 2.75. The molecule has 3 rings (SSSR count). The second kappa shape index (κ2) is 9.45. The van der Waals surface area contributed by atoms with E-state index in [0.29, 0.717) is 36.7 Å². The number of rotatable bonds is 8. The minimum Gasteiger partial charge on any atom is -0.492 e. The minimum atomic E-state index is -0.347. The first kappa shape index (κ1) is 19.3. The molecular weight excluding hydrogens is 359 g/mol.